The van der Waals surface area contributed by atoms with E-state index in [1.807, 2.05) is 0 Å². The van der Waals surface area contributed by atoms with E-state index >= 15 is 0 Å². The van der Waals surface area contributed by atoms with Gasteiger partial charge in [0, 0.05) is 12.6 Å². The van der Waals surface area contributed by atoms with E-state index < -0.39 is 11.8 Å². The maximum Gasteiger partial charge on any atom is 0.309 e. The van der Waals surface area contributed by atoms with Gasteiger partial charge in [0.2, 0.25) is 0 Å². The van der Waals surface area contributed by atoms with Crippen LogP contribution < -0.4 is 10.6 Å². The average molecular weight is 212 g/mol. The lowest BCUT2D eigenvalue weighted by atomic mass is 9.86. The van der Waals surface area contributed by atoms with Crippen molar-refractivity contribution in [3.8, 4) is 0 Å². The molecule has 1 aliphatic rings. The first-order valence-corrected chi connectivity index (χ1v) is 5.73. The van der Waals surface area contributed by atoms with Gasteiger partial charge in [0.1, 0.15) is 0 Å². The Kier molecular flexibility index (Phi) is 4.59. The van der Waals surface area contributed by atoms with Crippen LogP contribution in [0.3, 0.4) is 0 Å². The highest BCUT2D eigenvalue weighted by atomic mass is 16.2. The van der Waals surface area contributed by atoms with Crippen LogP contribution in [-0.2, 0) is 9.59 Å². The monoisotopic (exact) mass is 212 g/mol. The molecule has 0 saturated heterocycles. The molecule has 1 fully saturated rings. The molecule has 0 spiro atoms. The summed E-state index contributed by atoms with van der Waals surface area (Å²) in [6, 6.07) is 0.175. The van der Waals surface area contributed by atoms with Crippen molar-refractivity contribution < 1.29 is 9.59 Å². The number of amides is 2. The minimum absolute atomic E-state index is 0.175. The molecule has 0 unspecified atom stereocenters. The van der Waals surface area contributed by atoms with Crippen molar-refractivity contribution in [2.75, 3.05) is 6.54 Å². The van der Waals surface area contributed by atoms with E-state index in [-0.39, 0.29) is 6.04 Å². The number of hydrogen-bond donors (Lipinski definition) is 2. The van der Waals surface area contributed by atoms with Crippen LogP contribution >= 0.6 is 0 Å². The average Bonchev–Trinajstić information content (AvgIpc) is 2.21. The summed E-state index contributed by atoms with van der Waals surface area (Å²) >= 11 is 0. The highest BCUT2D eigenvalue weighted by Crippen LogP contribution is 2.23. The third-order valence-corrected chi connectivity index (χ3v) is 2.97. The Hall–Kier alpha value is -1.06. The first-order chi connectivity index (χ1) is 7.15. The SMILES string of the molecule is CCNC(=O)C(=O)N[C@H]1CCCC[C@H]1C. The summed E-state index contributed by atoms with van der Waals surface area (Å²) in [5.74, 6) is -0.525. The van der Waals surface area contributed by atoms with E-state index in [2.05, 4.69) is 17.6 Å². The summed E-state index contributed by atoms with van der Waals surface area (Å²) in [5, 5.41) is 5.30. The fraction of sp³-hybridized carbons (Fsp3) is 0.818. The van der Waals surface area contributed by atoms with Gasteiger partial charge < -0.3 is 10.6 Å². The van der Waals surface area contributed by atoms with Gasteiger partial charge in [0.15, 0.2) is 0 Å². The Labute approximate surface area is 90.8 Å². The van der Waals surface area contributed by atoms with Gasteiger partial charge in [-0.25, -0.2) is 0 Å². The summed E-state index contributed by atoms with van der Waals surface area (Å²) in [6.07, 6.45) is 4.51. The van der Waals surface area contributed by atoms with Crippen molar-refractivity contribution in [3.63, 3.8) is 0 Å². The summed E-state index contributed by atoms with van der Waals surface area (Å²) < 4.78 is 0. The Morgan fingerprint density at radius 1 is 1.20 bits per heavy atom. The first kappa shape index (κ1) is 12.0. The molecule has 0 aromatic carbocycles. The van der Waals surface area contributed by atoms with Crippen LogP contribution in [0.25, 0.3) is 0 Å². The lowest BCUT2D eigenvalue weighted by molar-refractivity contribution is -0.139. The van der Waals surface area contributed by atoms with Gasteiger partial charge >= 0.3 is 11.8 Å². The predicted octanol–water partition coefficient (Wildman–Crippen LogP) is 0.817. The molecule has 86 valence electrons. The molecule has 2 amide bonds. The number of carbonyl (C=O) groups excluding carboxylic acids is 2. The van der Waals surface area contributed by atoms with Crippen LogP contribution in [0.15, 0.2) is 0 Å². The lowest BCUT2D eigenvalue weighted by Gasteiger charge is -2.29. The van der Waals surface area contributed by atoms with Crippen LogP contribution in [0.5, 0.6) is 0 Å². The number of rotatable bonds is 2. The van der Waals surface area contributed by atoms with E-state index in [9.17, 15) is 9.59 Å². The third-order valence-electron chi connectivity index (χ3n) is 2.97. The maximum absolute atomic E-state index is 11.4. The van der Waals surface area contributed by atoms with Crippen molar-refractivity contribution in [1.29, 1.82) is 0 Å². The van der Waals surface area contributed by atoms with Crippen molar-refractivity contribution in [2.45, 2.75) is 45.6 Å². The topological polar surface area (TPSA) is 58.2 Å². The normalized spacial score (nSPS) is 25.7. The van der Waals surface area contributed by atoms with E-state index in [1.54, 1.807) is 6.92 Å². The zero-order valence-corrected chi connectivity index (χ0v) is 9.51. The van der Waals surface area contributed by atoms with Crippen molar-refractivity contribution in [3.05, 3.63) is 0 Å². The van der Waals surface area contributed by atoms with Gasteiger partial charge in [-0.05, 0) is 25.7 Å². The molecule has 2 N–H and O–H groups in total. The van der Waals surface area contributed by atoms with E-state index in [4.69, 9.17) is 0 Å². The summed E-state index contributed by atoms with van der Waals surface area (Å²) in [7, 11) is 0. The zero-order valence-electron chi connectivity index (χ0n) is 9.51. The minimum atomic E-state index is -0.518. The molecular formula is C11H20N2O2. The molecule has 0 aromatic heterocycles. The van der Waals surface area contributed by atoms with Gasteiger partial charge in [0.25, 0.3) is 0 Å². The van der Waals surface area contributed by atoms with E-state index in [1.165, 1.54) is 6.42 Å². The molecule has 4 nitrogen and oxygen atoms in total. The van der Waals surface area contributed by atoms with Crippen molar-refractivity contribution in [2.24, 2.45) is 5.92 Å². The second kappa shape index (κ2) is 5.73. The molecule has 0 bridgehead atoms. The van der Waals surface area contributed by atoms with Gasteiger partial charge in [-0.3, -0.25) is 9.59 Å². The first-order valence-electron chi connectivity index (χ1n) is 5.73. The molecule has 0 aromatic rings. The van der Waals surface area contributed by atoms with Gasteiger partial charge in [0.05, 0.1) is 0 Å². The number of likely N-dealkylation sites (N-methyl/N-ethyl adjacent to an activating group) is 1. The predicted molar refractivity (Wildman–Crippen MR) is 58.2 cm³/mol. The van der Waals surface area contributed by atoms with Crippen LogP contribution in [-0.4, -0.2) is 24.4 Å². The van der Waals surface area contributed by atoms with Crippen molar-refractivity contribution in [1.82, 2.24) is 10.6 Å². The number of hydrogen-bond acceptors (Lipinski definition) is 2. The minimum Gasteiger partial charge on any atom is -0.348 e. The fourth-order valence-corrected chi connectivity index (χ4v) is 2.01. The molecule has 0 heterocycles. The molecule has 2 atom stereocenters. The number of carbonyl (C=O) groups is 2. The molecule has 1 aliphatic carbocycles. The van der Waals surface area contributed by atoms with Crippen LogP contribution in [0.4, 0.5) is 0 Å². The summed E-state index contributed by atoms with van der Waals surface area (Å²) in [5.41, 5.74) is 0. The molecule has 1 saturated carbocycles. The zero-order chi connectivity index (χ0) is 11.3. The quantitative estimate of drug-likeness (QED) is 0.666. The lowest BCUT2D eigenvalue weighted by Crippen LogP contribution is -2.47. The smallest absolute Gasteiger partial charge is 0.309 e. The largest absolute Gasteiger partial charge is 0.348 e. The molecule has 1 rings (SSSR count). The van der Waals surface area contributed by atoms with Crippen LogP contribution in [0.1, 0.15) is 39.5 Å². The van der Waals surface area contributed by atoms with Gasteiger partial charge in [-0.1, -0.05) is 19.8 Å². The highest BCUT2D eigenvalue weighted by molar-refractivity contribution is 6.35. The summed E-state index contributed by atoms with van der Waals surface area (Å²) in [4.78, 5) is 22.6. The molecule has 0 aliphatic heterocycles. The van der Waals surface area contributed by atoms with Gasteiger partial charge in [-0.15, -0.1) is 0 Å². The standard InChI is InChI=1S/C11H20N2O2/c1-3-12-10(14)11(15)13-9-7-5-4-6-8(9)2/h8-9H,3-7H2,1-2H3,(H,12,14)(H,13,15)/t8-,9+/m1/s1. The molecular weight excluding hydrogens is 192 g/mol. The van der Waals surface area contributed by atoms with Gasteiger partial charge in [-0.2, -0.15) is 0 Å². The van der Waals surface area contributed by atoms with Crippen LogP contribution in [0.2, 0.25) is 0 Å². The maximum atomic E-state index is 11.4. The Morgan fingerprint density at radius 2 is 1.87 bits per heavy atom. The molecule has 15 heavy (non-hydrogen) atoms. The second-order valence-corrected chi connectivity index (χ2v) is 4.20. The van der Waals surface area contributed by atoms with E-state index in [0.717, 1.165) is 19.3 Å². The fourth-order valence-electron chi connectivity index (χ4n) is 2.01. The van der Waals surface area contributed by atoms with Crippen LogP contribution in [0, 0.1) is 5.92 Å². The second-order valence-electron chi connectivity index (χ2n) is 4.20. The Bertz CT molecular complexity index is 241. The highest BCUT2D eigenvalue weighted by Gasteiger charge is 2.24. The Balaban J connectivity index is 2.39. The number of nitrogens with one attached hydrogen (secondary N) is 2. The summed E-state index contributed by atoms with van der Waals surface area (Å²) in [6.45, 7) is 4.42. The van der Waals surface area contributed by atoms with Crippen molar-refractivity contribution >= 4 is 11.8 Å². The third kappa shape index (κ3) is 3.53. The molecule has 0 radical (unpaired) electrons. The molecule has 4 heteroatoms. The van der Waals surface area contributed by atoms with E-state index in [0.29, 0.717) is 12.5 Å². The Morgan fingerprint density at radius 3 is 2.47 bits per heavy atom.